The highest BCUT2D eigenvalue weighted by molar-refractivity contribution is 5.92. The Kier molecular flexibility index (Phi) is 5.46. The smallest absolute Gasteiger partial charge is 0.278 e. The van der Waals surface area contributed by atoms with Crippen LogP contribution in [0.3, 0.4) is 0 Å². The molecule has 1 aromatic carbocycles. The number of carbonyl (C=O) groups is 1. The Balaban J connectivity index is 1.96. The first-order chi connectivity index (χ1) is 12.5. The number of halogens is 1. The van der Waals surface area contributed by atoms with Crippen LogP contribution >= 0.6 is 0 Å². The summed E-state index contributed by atoms with van der Waals surface area (Å²) in [4.78, 5) is 26.8. The molecule has 1 atom stereocenters. The van der Waals surface area contributed by atoms with E-state index in [0.29, 0.717) is 25.4 Å². The lowest BCUT2D eigenvalue weighted by Gasteiger charge is -2.23. The van der Waals surface area contributed by atoms with Crippen molar-refractivity contribution in [3.63, 3.8) is 0 Å². The summed E-state index contributed by atoms with van der Waals surface area (Å²) >= 11 is 0. The summed E-state index contributed by atoms with van der Waals surface area (Å²) in [6.07, 6.45) is 1.85. The van der Waals surface area contributed by atoms with Gasteiger partial charge in [0.15, 0.2) is 5.69 Å². The average Bonchev–Trinajstić information content (AvgIpc) is 3.13. The van der Waals surface area contributed by atoms with Crippen LogP contribution in [-0.4, -0.2) is 46.4 Å². The molecule has 0 saturated carbocycles. The Morgan fingerprint density at radius 3 is 2.85 bits per heavy atom. The highest BCUT2D eigenvalue weighted by Gasteiger charge is 2.25. The molecule has 2 heterocycles. The molecule has 0 N–H and O–H groups in total. The number of likely N-dealkylation sites (N-methyl/N-ethyl adjacent to an activating group) is 1. The molecule has 0 spiro atoms. The molecule has 1 fully saturated rings. The van der Waals surface area contributed by atoms with Crippen molar-refractivity contribution >= 4 is 5.91 Å². The SMILES string of the molecule is CCN(CC1CCCO1)C(=O)c1nn(-c2ccccc2F)c(C)cc1=O. The van der Waals surface area contributed by atoms with E-state index in [0.717, 1.165) is 12.8 Å². The van der Waals surface area contributed by atoms with E-state index >= 15 is 0 Å². The van der Waals surface area contributed by atoms with Gasteiger partial charge in [0.05, 0.1) is 6.10 Å². The second kappa shape index (κ2) is 7.78. The van der Waals surface area contributed by atoms with Crippen LogP contribution < -0.4 is 5.43 Å². The zero-order valence-corrected chi connectivity index (χ0v) is 14.9. The molecule has 0 aliphatic carbocycles. The number of amides is 1. The second-order valence-electron chi connectivity index (χ2n) is 6.34. The van der Waals surface area contributed by atoms with Crippen molar-refractivity contribution in [1.29, 1.82) is 0 Å². The van der Waals surface area contributed by atoms with E-state index in [-0.39, 0.29) is 17.5 Å². The molecule has 6 nitrogen and oxygen atoms in total. The number of aryl methyl sites for hydroxylation is 1. The lowest BCUT2D eigenvalue weighted by atomic mass is 10.2. The van der Waals surface area contributed by atoms with Crippen molar-refractivity contribution in [2.24, 2.45) is 0 Å². The molecule has 3 rings (SSSR count). The third-order valence-electron chi connectivity index (χ3n) is 4.51. The maximum Gasteiger partial charge on any atom is 0.278 e. The van der Waals surface area contributed by atoms with Crippen LogP contribution in [-0.2, 0) is 4.74 Å². The molecule has 0 radical (unpaired) electrons. The summed E-state index contributed by atoms with van der Waals surface area (Å²) in [7, 11) is 0. The topological polar surface area (TPSA) is 64.4 Å². The fourth-order valence-corrected chi connectivity index (χ4v) is 3.10. The minimum atomic E-state index is -0.475. The summed E-state index contributed by atoms with van der Waals surface area (Å²) in [5.74, 6) is -0.935. The van der Waals surface area contributed by atoms with Gasteiger partial charge in [0.2, 0.25) is 5.43 Å². The van der Waals surface area contributed by atoms with Crippen molar-refractivity contribution in [2.45, 2.75) is 32.8 Å². The quantitative estimate of drug-likeness (QED) is 0.822. The van der Waals surface area contributed by atoms with Crippen LogP contribution in [0.1, 0.15) is 35.9 Å². The fraction of sp³-hybridized carbons (Fsp3) is 0.421. The zero-order valence-electron chi connectivity index (χ0n) is 14.9. The molecule has 7 heteroatoms. The maximum atomic E-state index is 14.1. The Hall–Kier alpha value is -2.54. The minimum absolute atomic E-state index is 0.0156. The van der Waals surface area contributed by atoms with Gasteiger partial charge in [-0.05, 0) is 38.8 Å². The Labute approximate surface area is 151 Å². The first-order valence-corrected chi connectivity index (χ1v) is 8.78. The molecular weight excluding hydrogens is 337 g/mol. The van der Waals surface area contributed by atoms with E-state index in [4.69, 9.17) is 4.74 Å². The van der Waals surface area contributed by atoms with Gasteiger partial charge in [-0.2, -0.15) is 5.10 Å². The Morgan fingerprint density at radius 2 is 2.19 bits per heavy atom. The first kappa shape index (κ1) is 18.3. The summed E-state index contributed by atoms with van der Waals surface area (Å²) in [5.41, 5.74) is -0.0235. The number of para-hydroxylation sites is 1. The minimum Gasteiger partial charge on any atom is -0.376 e. The molecule has 1 aliphatic heterocycles. The van der Waals surface area contributed by atoms with Gasteiger partial charge >= 0.3 is 0 Å². The van der Waals surface area contributed by atoms with E-state index in [1.54, 1.807) is 30.0 Å². The second-order valence-corrected chi connectivity index (χ2v) is 6.34. The molecular formula is C19H22FN3O3. The number of aromatic nitrogens is 2. The van der Waals surface area contributed by atoms with E-state index in [1.807, 2.05) is 6.92 Å². The van der Waals surface area contributed by atoms with Crippen LogP contribution in [0.5, 0.6) is 0 Å². The van der Waals surface area contributed by atoms with Gasteiger partial charge in [-0.25, -0.2) is 9.07 Å². The van der Waals surface area contributed by atoms with E-state index in [1.165, 1.54) is 16.8 Å². The predicted octanol–water partition coefficient (Wildman–Crippen LogP) is 2.32. The molecule has 1 aliphatic rings. The number of ether oxygens (including phenoxy) is 1. The van der Waals surface area contributed by atoms with Gasteiger partial charge in [0.25, 0.3) is 5.91 Å². The summed E-state index contributed by atoms with van der Waals surface area (Å²) in [6.45, 7) is 5.05. The molecule has 2 aromatic rings. The number of hydrogen-bond donors (Lipinski definition) is 0. The molecule has 1 unspecified atom stereocenters. The normalized spacial score (nSPS) is 16.7. The summed E-state index contributed by atoms with van der Waals surface area (Å²) < 4.78 is 21.0. The Morgan fingerprint density at radius 1 is 1.42 bits per heavy atom. The van der Waals surface area contributed by atoms with Crippen LogP contribution in [0.15, 0.2) is 35.1 Å². The Bertz CT molecular complexity index is 859. The fourth-order valence-electron chi connectivity index (χ4n) is 3.10. The molecule has 26 heavy (non-hydrogen) atoms. The van der Waals surface area contributed by atoms with Crippen LogP contribution in [0.2, 0.25) is 0 Å². The van der Waals surface area contributed by atoms with E-state index < -0.39 is 17.2 Å². The van der Waals surface area contributed by atoms with Gasteiger partial charge in [0.1, 0.15) is 11.5 Å². The third kappa shape index (κ3) is 3.67. The molecule has 0 bridgehead atoms. The number of hydrogen-bond acceptors (Lipinski definition) is 4. The number of nitrogens with zero attached hydrogens (tertiary/aromatic N) is 3. The molecule has 1 saturated heterocycles. The third-order valence-corrected chi connectivity index (χ3v) is 4.51. The number of rotatable bonds is 5. The highest BCUT2D eigenvalue weighted by atomic mass is 19.1. The maximum absolute atomic E-state index is 14.1. The monoisotopic (exact) mass is 359 g/mol. The van der Waals surface area contributed by atoms with Crippen LogP contribution in [0, 0.1) is 12.7 Å². The number of carbonyl (C=O) groups excluding carboxylic acids is 1. The first-order valence-electron chi connectivity index (χ1n) is 8.78. The zero-order chi connectivity index (χ0) is 18.7. The number of benzene rings is 1. The largest absolute Gasteiger partial charge is 0.376 e. The summed E-state index contributed by atoms with van der Waals surface area (Å²) in [6, 6.07) is 7.43. The van der Waals surface area contributed by atoms with Crippen molar-refractivity contribution < 1.29 is 13.9 Å². The van der Waals surface area contributed by atoms with Gasteiger partial charge in [0, 0.05) is 31.5 Å². The molecule has 1 amide bonds. The van der Waals surface area contributed by atoms with Gasteiger partial charge in [-0.3, -0.25) is 9.59 Å². The van der Waals surface area contributed by atoms with Crippen LogP contribution in [0.25, 0.3) is 5.69 Å². The average molecular weight is 359 g/mol. The van der Waals surface area contributed by atoms with Crippen molar-refractivity contribution in [2.75, 3.05) is 19.7 Å². The summed E-state index contributed by atoms with van der Waals surface area (Å²) in [5, 5.41) is 4.18. The molecule has 138 valence electrons. The molecule has 1 aromatic heterocycles. The van der Waals surface area contributed by atoms with E-state index in [2.05, 4.69) is 5.10 Å². The highest BCUT2D eigenvalue weighted by Crippen LogP contribution is 2.16. The van der Waals surface area contributed by atoms with Gasteiger partial charge < -0.3 is 9.64 Å². The van der Waals surface area contributed by atoms with Crippen molar-refractivity contribution in [3.05, 3.63) is 57.8 Å². The van der Waals surface area contributed by atoms with Gasteiger partial charge in [-0.15, -0.1) is 0 Å². The predicted molar refractivity (Wildman–Crippen MR) is 95.1 cm³/mol. The van der Waals surface area contributed by atoms with Gasteiger partial charge in [-0.1, -0.05) is 12.1 Å². The van der Waals surface area contributed by atoms with Crippen molar-refractivity contribution in [1.82, 2.24) is 14.7 Å². The lowest BCUT2D eigenvalue weighted by molar-refractivity contribution is 0.0532. The lowest BCUT2D eigenvalue weighted by Crippen LogP contribution is -2.40. The van der Waals surface area contributed by atoms with Crippen molar-refractivity contribution in [3.8, 4) is 5.69 Å². The standard InChI is InChI=1S/C19H22FN3O3/c1-3-22(12-14-7-6-10-26-14)19(25)18-17(24)11-13(2)23(21-18)16-9-5-4-8-15(16)20/h4-5,8-9,11,14H,3,6-7,10,12H2,1-2H3. The van der Waals surface area contributed by atoms with E-state index in [9.17, 15) is 14.0 Å². The van der Waals surface area contributed by atoms with Crippen LogP contribution in [0.4, 0.5) is 4.39 Å².